The van der Waals surface area contributed by atoms with Gasteiger partial charge in [0.1, 0.15) is 0 Å². The van der Waals surface area contributed by atoms with Crippen molar-refractivity contribution in [2.24, 2.45) is 0 Å². The van der Waals surface area contributed by atoms with Crippen LogP contribution < -0.4 is 0 Å². The van der Waals surface area contributed by atoms with Crippen LogP contribution in [-0.2, 0) is 9.84 Å². The molecule has 0 aromatic rings. The number of rotatable bonds is 0. The summed E-state index contributed by atoms with van der Waals surface area (Å²) in [6.45, 7) is 0. The van der Waals surface area contributed by atoms with Gasteiger partial charge in [-0.1, -0.05) is 0 Å². The van der Waals surface area contributed by atoms with Gasteiger partial charge in [-0.3, -0.25) is 0 Å². The van der Waals surface area contributed by atoms with Crippen LogP contribution in [0.25, 0.3) is 0 Å². The van der Waals surface area contributed by atoms with E-state index in [0.717, 1.165) is 0 Å². The fourth-order valence-corrected chi connectivity index (χ4v) is 3.24. The highest BCUT2D eigenvalue weighted by Gasteiger charge is 2.37. The molecular weight excluding hydrogens is 183 g/mol. The summed E-state index contributed by atoms with van der Waals surface area (Å²) in [7, 11) is -3.04. The van der Waals surface area contributed by atoms with Gasteiger partial charge in [0.05, 0.1) is 11.1 Å². The highest BCUT2D eigenvalue weighted by Crippen LogP contribution is 2.27. The molecule has 0 aliphatic carbocycles. The Morgan fingerprint density at radius 2 is 1.89 bits per heavy atom. The standard InChI is InChI=1S/C4H6Cl2O2S/c5-3-1-2-9(7,8)4(3)6/h3-4H,1-2H2/t3-,4+/m0/s1. The second-order valence-electron chi connectivity index (χ2n) is 2.02. The molecule has 1 heterocycles. The van der Waals surface area contributed by atoms with Crippen molar-refractivity contribution in [3.05, 3.63) is 0 Å². The Morgan fingerprint density at radius 1 is 1.33 bits per heavy atom. The Hall–Kier alpha value is 0.530. The van der Waals surface area contributed by atoms with E-state index in [1.807, 2.05) is 0 Å². The van der Waals surface area contributed by atoms with Crippen molar-refractivity contribution in [2.45, 2.75) is 16.5 Å². The predicted octanol–water partition coefficient (Wildman–Crippen LogP) is 0.977. The van der Waals surface area contributed by atoms with Gasteiger partial charge < -0.3 is 0 Å². The highest BCUT2D eigenvalue weighted by molar-refractivity contribution is 7.93. The summed E-state index contributed by atoms with van der Waals surface area (Å²) >= 11 is 11.0. The summed E-state index contributed by atoms with van der Waals surface area (Å²) in [6, 6.07) is 0. The number of alkyl halides is 2. The first kappa shape index (κ1) is 7.63. The van der Waals surface area contributed by atoms with Gasteiger partial charge in [-0.05, 0) is 6.42 Å². The van der Waals surface area contributed by atoms with E-state index < -0.39 is 19.9 Å². The molecule has 1 aliphatic heterocycles. The summed E-state index contributed by atoms with van der Waals surface area (Å²) in [4.78, 5) is 0. The zero-order valence-electron chi connectivity index (χ0n) is 4.55. The molecule has 0 saturated carbocycles. The summed E-state index contributed by atoms with van der Waals surface area (Å²) in [5.74, 6) is 0.134. The first-order valence-corrected chi connectivity index (χ1v) is 5.12. The van der Waals surface area contributed by atoms with Crippen molar-refractivity contribution in [3.8, 4) is 0 Å². The molecule has 0 amide bonds. The second-order valence-corrected chi connectivity index (χ2v) is 5.55. The molecule has 0 unspecified atom stereocenters. The third kappa shape index (κ3) is 1.33. The van der Waals surface area contributed by atoms with Gasteiger partial charge in [0.15, 0.2) is 14.5 Å². The van der Waals surface area contributed by atoms with Gasteiger partial charge in [0, 0.05) is 0 Å². The molecule has 2 nitrogen and oxygen atoms in total. The lowest BCUT2D eigenvalue weighted by molar-refractivity contribution is 0.600. The first-order chi connectivity index (χ1) is 4.04. The molecule has 5 heteroatoms. The molecule has 0 aromatic heterocycles. The molecule has 0 N–H and O–H groups in total. The third-order valence-electron chi connectivity index (χ3n) is 1.31. The number of hydrogen-bond acceptors (Lipinski definition) is 2. The Bertz CT molecular complexity index is 199. The largest absolute Gasteiger partial charge is 0.227 e. The van der Waals surface area contributed by atoms with Gasteiger partial charge in [-0.15, -0.1) is 23.2 Å². The van der Waals surface area contributed by atoms with E-state index in [0.29, 0.717) is 6.42 Å². The first-order valence-electron chi connectivity index (χ1n) is 2.54. The SMILES string of the molecule is O=S1(=O)CC[C@H](Cl)[C@@H]1Cl. The Kier molecular flexibility index (Phi) is 1.94. The lowest BCUT2D eigenvalue weighted by Gasteiger charge is -2.00. The van der Waals surface area contributed by atoms with Crippen LogP contribution in [0.3, 0.4) is 0 Å². The summed E-state index contributed by atoms with van der Waals surface area (Å²) in [5.41, 5.74) is 0. The average Bonchev–Trinajstić information content (AvgIpc) is 1.97. The molecule has 1 aliphatic rings. The van der Waals surface area contributed by atoms with Gasteiger partial charge in [0.25, 0.3) is 0 Å². The average molecular weight is 189 g/mol. The normalized spacial score (nSPS) is 41.1. The smallest absolute Gasteiger partial charge is 0.168 e. The maximum Gasteiger partial charge on any atom is 0.168 e. The lowest BCUT2D eigenvalue weighted by atomic mass is 10.4. The third-order valence-corrected chi connectivity index (χ3v) is 4.99. The van der Waals surface area contributed by atoms with Gasteiger partial charge >= 0.3 is 0 Å². The maximum atomic E-state index is 10.8. The van der Waals surface area contributed by atoms with Crippen LogP contribution in [0.4, 0.5) is 0 Å². The lowest BCUT2D eigenvalue weighted by Crippen LogP contribution is -2.14. The summed E-state index contributed by atoms with van der Waals surface area (Å²) in [5, 5.41) is -0.392. The van der Waals surface area contributed by atoms with E-state index in [2.05, 4.69) is 0 Å². The van der Waals surface area contributed by atoms with Crippen molar-refractivity contribution >= 4 is 33.0 Å². The second kappa shape index (κ2) is 2.29. The van der Waals surface area contributed by atoms with Crippen molar-refractivity contribution in [1.82, 2.24) is 0 Å². The number of sulfone groups is 1. The van der Waals surface area contributed by atoms with E-state index in [4.69, 9.17) is 23.2 Å². The Labute approximate surface area is 64.1 Å². The van der Waals surface area contributed by atoms with Crippen molar-refractivity contribution < 1.29 is 8.42 Å². The van der Waals surface area contributed by atoms with Crippen LogP contribution in [0.5, 0.6) is 0 Å². The zero-order valence-corrected chi connectivity index (χ0v) is 6.88. The van der Waals surface area contributed by atoms with E-state index in [-0.39, 0.29) is 5.75 Å². The number of halogens is 2. The minimum atomic E-state index is -3.04. The van der Waals surface area contributed by atoms with E-state index in [9.17, 15) is 8.42 Å². The highest BCUT2D eigenvalue weighted by atomic mass is 35.5. The fraction of sp³-hybridized carbons (Fsp3) is 1.00. The van der Waals surface area contributed by atoms with E-state index in [1.54, 1.807) is 0 Å². The molecule has 1 rings (SSSR count). The van der Waals surface area contributed by atoms with Crippen LogP contribution in [-0.4, -0.2) is 24.3 Å². The molecule has 2 atom stereocenters. The summed E-state index contributed by atoms with van der Waals surface area (Å²) in [6.07, 6.45) is 0.484. The van der Waals surface area contributed by atoms with Crippen LogP contribution >= 0.6 is 23.2 Å². The van der Waals surface area contributed by atoms with Crippen molar-refractivity contribution in [1.29, 1.82) is 0 Å². The van der Waals surface area contributed by atoms with E-state index >= 15 is 0 Å². The van der Waals surface area contributed by atoms with Crippen LogP contribution in [0.1, 0.15) is 6.42 Å². The van der Waals surface area contributed by atoms with Gasteiger partial charge in [0.2, 0.25) is 0 Å². The minimum absolute atomic E-state index is 0.134. The molecule has 0 bridgehead atoms. The molecule has 0 radical (unpaired) electrons. The zero-order chi connectivity index (χ0) is 7.07. The quantitative estimate of drug-likeness (QED) is 0.532. The Morgan fingerprint density at radius 3 is 2.00 bits per heavy atom. The van der Waals surface area contributed by atoms with Crippen LogP contribution in [0.15, 0.2) is 0 Å². The molecule has 0 spiro atoms. The monoisotopic (exact) mass is 188 g/mol. The molecular formula is C4H6Cl2O2S. The molecule has 54 valence electrons. The van der Waals surface area contributed by atoms with E-state index in [1.165, 1.54) is 0 Å². The summed E-state index contributed by atoms with van der Waals surface area (Å²) < 4.78 is 20.6. The van der Waals surface area contributed by atoms with Crippen molar-refractivity contribution in [3.63, 3.8) is 0 Å². The van der Waals surface area contributed by atoms with Crippen molar-refractivity contribution in [2.75, 3.05) is 5.75 Å². The van der Waals surface area contributed by atoms with Crippen LogP contribution in [0.2, 0.25) is 0 Å². The fourth-order valence-electron chi connectivity index (χ4n) is 0.745. The number of hydrogen-bond donors (Lipinski definition) is 0. The maximum absolute atomic E-state index is 10.8. The minimum Gasteiger partial charge on any atom is -0.227 e. The molecule has 1 saturated heterocycles. The molecule has 9 heavy (non-hydrogen) atoms. The van der Waals surface area contributed by atoms with Gasteiger partial charge in [-0.2, -0.15) is 0 Å². The topological polar surface area (TPSA) is 34.1 Å². The van der Waals surface area contributed by atoms with Gasteiger partial charge in [-0.25, -0.2) is 8.42 Å². The van der Waals surface area contributed by atoms with Crippen LogP contribution in [0, 0.1) is 0 Å². The molecule has 0 aromatic carbocycles. The predicted molar refractivity (Wildman–Crippen MR) is 37.7 cm³/mol. The molecule has 1 fully saturated rings. The Balaban J connectivity index is 2.87.